The first-order valence-corrected chi connectivity index (χ1v) is 5.59. The van der Waals surface area contributed by atoms with Crippen LogP contribution in [-0.2, 0) is 9.53 Å². The third-order valence-electron chi connectivity index (χ3n) is 2.12. The minimum atomic E-state index is -0.171. The van der Waals surface area contributed by atoms with Crippen LogP contribution in [0.4, 0.5) is 0 Å². The molecule has 3 nitrogen and oxygen atoms in total. The first kappa shape index (κ1) is 14.0. The molecular formula is C12H21NO2. The van der Waals surface area contributed by atoms with Crippen LogP contribution in [0.1, 0.15) is 39.5 Å². The second-order valence-electron chi connectivity index (χ2n) is 3.33. The lowest BCUT2D eigenvalue weighted by molar-refractivity contribution is -0.145. The smallest absolute Gasteiger partial charge is 0.323 e. The van der Waals surface area contributed by atoms with E-state index in [0.717, 1.165) is 32.2 Å². The number of carbonyl (C=O) groups excluding carboxylic acids is 1. The van der Waals surface area contributed by atoms with Gasteiger partial charge < -0.3 is 10.1 Å². The summed E-state index contributed by atoms with van der Waals surface area (Å²) in [5.41, 5.74) is 0. The van der Waals surface area contributed by atoms with E-state index in [-0.39, 0.29) is 12.0 Å². The molecule has 1 atom stereocenters. The minimum absolute atomic E-state index is 0.156. The second kappa shape index (κ2) is 9.54. The third kappa shape index (κ3) is 6.98. The van der Waals surface area contributed by atoms with E-state index in [0.29, 0.717) is 6.61 Å². The topological polar surface area (TPSA) is 38.3 Å². The molecule has 0 aromatic carbocycles. The van der Waals surface area contributed by atoms with E-state index in [9.17, 15) is 4.79 Å². The van der Waals surface area contributed by atoms with Gasteiger partial charge in [0.15, 0.2) is 0 Å². The first-order chi connectivity index (χ1) is 7.26. The molecule has 0 aliphatic rings. The van der Waals surface area contributed by atoms with E-state index in [2.05, 4.69) is 11.2 Å². The molecule has 0 spiro atoms. The zero-order valence-corrected chi connectivity index (χ0v) is 9.71. The van der Waals surface area contributed by atoms with Crippen molar-refractivity contribution in [2.24, 2.45) is 0 Å². The predicted octanol–water partition coefficient (Wildman–Crippen LogP) is 1.72. The van der Waals surface area contributed by atoms with Crippen LogP contribution < -0.4 is 5.32 Å². The molecule has 86 valence electrons. The van der Waals surface area contributed by atoms with Gasteiger partial charge in [0.05, 0.1) is 6.61 Å². The summed E-state index contributed by atoms with van der Waals surface area (Å²) < 4.78 is 4.94. The molecule has 0 aliphatic carbocycles. The van der Waals surface area contributed by atoms with Crippen LogP contribution in [0.2, 0.25) is 0 Å². The number of carbonyl (C=O) groups is 1. The molecule has 0 amide bonds. The Morgan fingerprint density at radius 2 is 2.20 bits per heavy atom. The highest BCUT2D eigenvalue weighted by molar-refractivity contribution is 5.75. The number of ether oxygens (including phenoxy) is 1. The summed E-state index contributed by atoms with van der Waals surface area (Å²) in [5.74, 6) is 2.44. The maximum Gasteiger partial charge on any atom is 0.323 e. The lowest BCUT2D eigenvalue weighted by atomic mass is 10.2. The van der Waals surface area contributed by atoms with Gasteiger partial charge >= 0.3 is 5.97 Å². The SMILES string of the molecule is C#CCCCCNC(CC)C(=O)OCC. The summed E-state index contributed by atoms with van der Waals surface area (Å²) in [4.78, 5) is 11.4. The standard InChI is InChI=1S/C12H21NO2/c1-4-7-8-9-10-13-11(5-2)12(14)15-6-3/h1,11,13H,5-10H2,2-3H3. The molecule has 0 rings (SSSR count). The molecule has 0 radical (unpaired) electrons. The molecule has 0 heterocycles. The van der Waals surface area contributed by atoms with Crippen molar-refractivity contribution in [1.29, 1.82) is 0 Å². The van der Waals surface area contributed by atoms with Crippen LogP contribution >= 0.6 is 0 Å². The molecule has 0 aliphatic heterocycles. The Morgan fingerprint density at radius 1 is 1.47 bits per heavy atom. The Hall–Kier alpha value is -1.01. The molecule has 0 aromatic heterocycles. The van der Waals surface area contributed by atoms with Gasteiger partial charge in [-0.05, 0) is 32.7 Å². The zero-order valence-electron chi connectivity index (χ0n) is 9.71. The van der Waals surface area contributed by atoms with Crippen LogP contribution in [0.15, 0.2) is 0 Å². The number of unbranched alkanes of at least 4 members (excludes halogenated alkanes) is 2. The zero-order chi connectivity index (χ0) is 11.5. The summed E-state index contributed by atoms with van der Waals surface area (Å²) in [6, 6.07) is -0.171. The summed E-state index contributed by atoms with van der Waals surface area (Å²) >= 11 is 0. The van der Waals surface area contributed by atoms with Crippen molar-refractivity contribution in [2.45, 2.75) is 45.6 Å². The molecule has 3 heteroatoms. The average molecular weight is 211 g/mol. The summed E-state index contributed by atoms with van der Waals surface area (Å²) in [6.07, 6.45) is 8.70. The van der Waals surface area contributed by atoms with Crippen LogP contribution in [0.3, 0.4) is 0 Å². The third-order valence-corrected chi connectivity index (χ3v) is 2.12. The quantitative estimate of drug-likeness (QED) is 0.377. The van der Waals surface area contributed by atoms with Gasteiger partial charge in [0.1, 0.15) is 6.04 Å². The Balaban J connectivity index is 3.62. The van der Waals surface area contributed by atoms with Gasteiger partial charge in [0.2, 0.25) is 0 Å². The molecule has 1 N–H and O–H groups in total. The fourth-order valence-electron chi connectivity index (χ4n) is 1.27. The highest BCUT2D eigenvalue weighted by atomic mass is 16.5. The molecule has 1 unspecified atom stereocenters. The molecule has 0 saturated heterocycles. The fraction of sp³-hybridized carbons (Fsp3) is 0.750. The van der Waals surface area contributed by atoms with Crippen LogP contribution in [0, 0.1) is 12.3 Å². The summed E-state index contributed by atoms with van der Waals surface area (Å²) in [7, 11) is 0. The second-order valence-corrected chi connectivity index (χ2v) is 3.33. The van der Waals surface area contributed by atoms with Crippen LogP contribution in [0.5, 0.6) is 0 Å². The van der Waals surface area contributed by atoms with Gasteiger partial charge in [-0.15, -0.1) is 12.3 Å². The molecule has 0 fully saturated rings. The molecule has 0 aromatic rings. The van der Waals surface area contributed by atoms with Crippen molar-refractivity contribution in [3.8, 4) is 12.3 Å². The van der Waals surface area contributed by atoms with Crippen molar-refractivity contribution in [2.75, 3.05) is 13.2 Å². The van der Waals surface area contributed by atoms with E-state index in [4.69, 9.17) is 11.2 Å². The van der Waals surface area contributed by atoms with Gasteiger partial charge in [0, 0.05) is 6.42 Å². The van der Waals surface area contributed by atoms with E-state index in [1.165, 1.54) is 0 Å². The van der Waals surface area contributed by atoms with Crippen molar-refractivity contribution in [3.05, 3.63) is 0 Å². The Kier molecular flexibility index (Phi) is 8.90. The predicted molar refractivity (Wildman–Crippen MR) is 61.4 cm³/mol. The number of esters is 1. The van der Waals surface area contributed by atoms with Gasteiger partial charge in [-0.25, -0.2) is 0 Å². The Morgan fingerprint density at radius 3 is 2.73 bits per heavy atom. The van der Waals surface area contributed by atoms with Crippen molar-refractivity contribution in [3.63, 3.8) is 0 Å². The summed E-state index contributed by atoms with van der Waals surface area (Å²) in [6.45, 7) is 5.04. The van der Waals surface area contributed by atoms with Gasteiger partial charge in [0.25, 0.3) is 0 Å². The largest absolute Gasteiger partial charge is 0.465 e. The van der Waals surface area contributed by atoms with E-state index < -0.39 is 0 Å². The van der Waals surface area contributed by atoms with Crippen molar-refractivity contribution >= 4 is 5.97 Å². The summed E-state index contributed by atoms with van der Waals surface area (Å²) in [5, 5.41) is 3.17. The molecule has 0 saturated carbocycles. The molecular weight excluding hydrogens is 190 g/mol. The minimum Gasteiger partial charge on any atom is -0.465 e. The number of nitrogens with one attached hydrogen (secondary N) is 1. The lowest BCUT2D eigenvalue weighted by Gasteiger charge is -2.14. The van der Waals surface area contributed by atoms with Crippen molar-refractivity contribution < 1.29 is 9.53 Å². The first-order valence-electron chi connectivity index (χ1n) is 5.59. The van der Waals surface area contributed by atoms with Crippen molar-refractivity contribution in [1.82, 2.24) is 5.32 Å². The van der Waals surface area contributed by atoms with E-state index in [1.54, 1.807) is 0 Å². The fourth-order valence-corrected chi connectivity index (χ4v) is 1.27. The van der Waals surface area contributed by atoms with Gasteiger partial charge in [-0.3, -0.25) is 4.79 Å². The average Bonchev–Trinajstić information content (AvgIpc) is 2.23. The number of hydrogen-bond acceptors (Lipinski definition) is 3. The molecule has 0 bridgehead atoms. The lowest BCUT2D eigenvalue weighted by Crippen LogP contribution is -2.38. The Bertz CT molecular complexity index is 208. The van der Waals surface area contributed by atoms with E-state index in [1.807, 2.05) is 13.8 Å². The maximum absolute atomic E-state index is 11.4. The Labute approximate surface area is 92.6 Å². The van der Waals surface area contributed by atoms with Crippen LogP contribution in [0.25, 0.3) is 0 Å². The number of hydrogen-bond donors (Lipinski definition) is 1. The highest BCUT2D eigenvalue weighted by Gasteiger charge is 2.15. The van der Waals surface area contributed by atoms with Gasteiger partial charge in [-0.1, -0.05) is 6.92 Å². The molecule has 15 heavy (non-hydrogen) atoms. The number of rotatable bonds is 8. The van der Waals surface area contributed by atoms with E-state index >= 15 is 0 Å². The van der Waals surface area contributed by atoms with Crippen LogP contribution in [-0.4, -0.2) is 25.2 Å². The maximum atomic E-state index is 11.4. The highest BCUT2D eigenvalue weighted by Crippen LogP contribution is 1.97. The normalized spacial score (nSPS) is 11.8. The van der Waals surface area contributed by atoms with Gasteiger partial charge in [-0.2, -0.15) is 0 Å². The number of terminal acetylenes is 1. The monoisotopic (exact) mass is 211 g/mol.